The number of carbonyl (C=O) groups is 1. The molecule has 5 saturated carbocycles. The van der Waals surface area contributed by atoms with Gasteiger partial charge < -0.3 is 9.84 Å². The minimum Gasteiger partial charge on any atom is -0.360 e. The van der Waals surface area contributed by atoms with E-state index in [-0.39, 0.29) is 5.91 Å². The zero-order valence-electron chi connectivity index (χ0n) is 13.7. The van der Waals surface area contributed by atoms with Crippen LogP contribution in [0.3, 0.4) is 0 Å². The van der Waals surface area contributed by atoms with E-state index in [0.717, 1.165) is 36.5 Å². The number of nitrogens with one attached hydrogen (secondary N) is 1. The predicted molar refractivity (Wildman–Crippen MR) is 86.0 cm³/mol. The molecule has 1 amide bonds. The molecule has 5 aliphatic carbocycles. The number of nitrogens with zero attached hydrogens (tertiary/aromatic N) is 1. The van der Waals surface area contributed by atoms with Gasteiger partial charge in [-0.2, -0.15) is 0 Å². The Morgan fingerprint density at radius 3 is 2.43 bits per heavy atom. The van der Waals surface area contributed by atoms with Crippen LogP contribution in [0.25, 0.3) is 0 Å². The first-order chi connectivity index (χ1) is 11.2. The van der Waals surface area contributed by atoms with Crippen molar-refractivity contribution in [2.45, 2.75) is 63.7 Å². The fourth-order valence-corrected chi connectivity index (χ4v) is 6.08. The second-order valence-corrected chi connectivity index (χ2v) is 8.81. The van der Waals surface area contributed by atoms with Crippen LogP contribution in [0.4, 0.5) is 0 Å². The predicted octanol–water partition coefficient (Wildman–Crippen LogP) is 3.89. The highest BCUT2D eigenvalue weighted by Gasteiger charge is 2.50. The highest BCUT2D eigenvalue weighted by molar-refractivity contribution is 5.92. The number of amides is 1. The van der Waals surface area contributed by atoms with Crippen molar-refractivity contribution in [2.75, 3.05) is 6.54 Å². The summed E-state index contributed by atoms with van der Waals surface area (Å²) in [6, 6.07) is 1.83. The van der Waals surface area contributed by atoms with Gasteiger partial charge >= 0.3 is 0 Å². The minimum atomic E-state index is -0.0645. The van der Waals surface area contributed by atoms with Crippen molar-refractivity contribution in [3.63, 3.8) is 0 Å². The molecule has 0 saturated heterocycles. The lowest BCUT2D eigenvalue weighted by Gasteiger charge is -2.57. The zero-order chi connectivity index (χ0) is 15.4. The molecule has 0 aliphatic heterocycles. The molecule has 4 heteroatoms. The summed E-state index contributed by atoms with van der Waals surface area (Å²) >= 11 is 0. The molecule has 0 radical (unpaired) electrons. The van der Waals surface area contributed by atoms with Crippen molar-refractivity contribution in [1.82, 2.24) is 10.5 Å². The van der Waals surface area contributed by atoms with Crippen molar-refractivity contribution in [3.05, 3.63) is 17.5 Å². The van der Waals surface area contributed by atoms with E-state index in [0.29, 0.717) is 17.0 Å². The van der Waals surface area contributed by atoms with Crippen LogP contribution in [0.15, 0.2) is 10.6 Å². The van der Waals surface area contributed by atoms with Gasteiger partial charge in [0.1, 0.15) is 5.76 Å². The Labute approximate surface area is 137 Å². The van der Waals surface area contributed by atoms with Gasteiger partial charge in [-0.25, -0.2) is 0 Å². The lowest BCUT2D eigenvalue weighted by molar-refractivity contribution is -0.0564. The van der Waals surface area contributed by atoms with Crippen molar-refractivity contribution >= 4 is 5.91 Å². The molecule has 0 aromatic carbocycles. The fraction of sp³-hybridized carbons (Fsp3) is 0.789. The van der Waals surface area contributed by atoms with Gasteiger partial charge in [0.15, 0.2) is 5.69 Å². The van der Waals surface area contributed by atoms with Gasteiger partial charge in [0.05, 0.1) is 0 Å². The summed E-state index contributed by atoms with van der Waals surface area (Å²) in [5.41, 5.74) is 0.989. The van der Waals surface area contributed by atoms with Gasteiger partial charge in [-0.05, 0) is 81.0 Å². The normalized spacial score (nSPS) is 38.0. The third-order valence-corrected chi connectivity index (χ3v) is 6.85. The lowest BCUT2D eigenvalue weighted by atomic mass is 9.49. The van der Waals surface area contributed by atoms with Crippen molar-refractivity contribution in [2.24, 2.45) is 23.2 Å². The first kappa shape index (κ1) is 14.1. The molecule has 23 heavy (non-hydrogen) atoms. The van der Waals surface area contributed by atoms with E-state index in [1.54, 1.807) is 0 Å². The molecule has 5 aliphatic rings. The van der Waals surface area contributed by atoms with E-state index < -0.39 is 0 Å². The summed E-state index contributed by atoms with van der Waals surface area (Å²) in [6.45, 7) is 0.788. The maximum absolute atomic E-state index is 12.3. The van der Waals surface area contributed by atoms with E-state index in [1.807, 2.05) is 6.07 Å². The zero-order valence-corrected chi connectivity index (χ0v) is 13.7. The van der Waals surface area contributed by atoms with Crippen LogP contribution < -0.4 is 5.32 Å². The summed E-state index contributed by atoms with van der Waals surface area (Å²) < 4.78 is 5.28. The Balaban J connectivity index is 1.17. The monoisotopic (exact) mass is 314 g/mol. The fourth-order valence-electron chi connectivity index (χ4n) is 6.08. The minimum absolute atomic E-state index is 0.0645. The van der Waals surface area contributed by atoms with Crippen LogP contribution in [-0.2, 0) is 0 Å². The summed E-state index contributed by atoms with van der Waals surface area (Å²) in [4.78, 5) is 12.3. The van der Waals surface area contributed by atoms with Gasteiger partial charge in [0.25, 0.3) is 5.91 Å². The second-order valence-electron chi connectivity index (χ2n) is 8.81. The first-order valence-electron chi connectivity index (χ1n) is 9.44. The Bertz CT molecular complexity index is 581. The van der Waals surface area contributed by atoms with E-state index in [2.05, 4.69) is 10.5 Å². The molecule has 1 N–H and O–H groups in total. The number of hydrogen-bond acceptors (Lipinski definition) is 3. The van der Waals surface area contributed by atoms with Gasteiger partial charge in [0, 0.05) is 18.5 Å². The van der Waals surface area contributed by atoms with Crippen LogP contribution in [-0.4, -0.2) is 17.6 Å². The van der Waals surface area contributed by atoms with Gasteiger partial charge in [-0.15, -0.1) is 0 Å². The highest BCUT2D eigenvalue weighted by atomic mass is 16.5. The molecular formula is C19H26N2O2. The molecule has 1 aromatic rings. The highest BCUT2D eigenvalue weighted by Crippen LogP contribution is 2.61. The second kappa shape index (κ2) is 5.09. The standard InChI is InChI=1S/C19H26N2O2/c22-18(16-8-17(23-21-16)15-1-2-15)20-4-3-19-9-12-5-13(10-19)7-14(6-12)11-19/h8,12-15H,1-7,9-11H2,(H,20,22). The Morgan fingerprint density at radius 2 is 1.83 bits per heavy atom. The molecule has 0 unspecified atom stereocenters. The van der Waals surface area contributed by atoms with Crippen LogP contribution in [0.5, 0.6) is 0 Å². The lowest BCUT2D eigenvalue weighted by Crippen LogP contribution is -2.47. The average molecular weight is 314 g/mol. The molecule has 5 fully saturated rings. The van der Waals surface area contributed by atoms with E-state index in [4.69, 9.17) is 4.52 Å². The summed E-state index contributed by atoms with van der Waals surface area (Å²) in [5.74, 6) is 4.27. The molecule has 4 bridgehead atoms. The van der Waals surface area contributed by atoms with Gasteiger partial charge in [-0.3, -0.25) is 4.79 Å². The number of hydrogen-bond donors (Lipinski definition) is 1. The van der Waals surface area contributed by atoms with E-state index >= 15 is 0 Å². The summed E-state index contributed by atoms with van der Waals surface area (Å²) in [7, 11) is 0. The number of rotatable bonds is 5. The molecular weight excluding hydrogens is 288 g/mol. The smallest absolute Gasteiger partial charge is 0.273 e. The first-order valence-corrected chi connectivity index (χ1v) is 9.44. The summed E-state index contributed by atoms with van der Waals surface area (Å²) in [5, 5.41) is 7.02. The Kier molecular flexibility index (Phi) is 3.11. The third kappa shape index (κ3) is 2.60. The van der Waals surface area contributed by atoms with Gasteiger partial charge in [-0.1, -0.05) is 5.16 Å². The Hall–Kier alpha value is -1.32. The maximum atomic E-state index is 12.3. The van der Waals surface area contributed by atoms with Crippen molar-refractivity contribution < 1.29 is 9.32 Å². The topological polar surface area (TPSA) is 55.1 Å². The number of aromatic nitrogens is 1. The molecule has 0 atom stereocenters. The van der Waals surface area contributed by atoms with Crippen molar-refractivity contribution in [3.8, 4) is 0 Å². The van der Waals surface area contributed by atoms with E-state index in [9.17, 15) is 4.79 Å². The maximum Gasteiger partial charge on any atom is 0.273 e. The molecule has 124 valence electrons. The average Bonchev–Trinajstić information content (AvgIpc) is 3.23. The van der Waals surface area contributed by atoms with Crippen LogP contribution in [0.2, 0.25) is 0 Å². The van der Waals surface area contributed by atoms with Crippen LogP contribution >= 0.6 is 0 Å². The number of carbonyl (C=O) groups excluding carboxylic acids is 1. The largest absolute Gasteiger partial charge is 0.360 e. The van der Waals surface area contributed by atoms with E-state index in [1.165, 1.54) is 51.4 Å². The molecule has 4 nitrogen and oxygen atoms in total. The SMILES string of the molecule is O=C(NCCC12CC3CC(CC(C3)C1)C2)c1cc(C2CC2)on1. The Morgan fingerprint density at radius 1 is 1.17 bits per heavy atom. The molecule has 6 rings (SSSR count). The summed E-state index contributed by atoms with van der Waals surface area (Å²) in [6.07, 6.45) is 12.2. The molecule has 1 aromatic heterocycles. The quantitative estimate of drug-likeness (QED) is 0.897. The third-order valence-electron chi connectivity index (χ3n) is 6.85. The van der Waals surface area contributed by atoms with Crippen molar-refractivity contribution in [1.29, 1.82) is 0 Å². The van der Waals surface area contributed by atoms with Crippen LogP contribution in [0.1, 0.15) is 80.0 Å². The van der Waals surface area contributed by atoms with Gasteiger partial charge in [0.2, 0.25) is 0 Å². The molecule has 0 spiro atoms. The van der Waals surface area contributed by atoms with Crippen LogP contribution in [0, 0.1) is 23.2 Å². The molecule has 1 heterocycles.